The van der Waals surface area contributed by atoms with Crippen LogP contribution in [0.1, 0.15) is 11.1 Å². The van der Waals surface area contributed by atoms with Gasteiger partial charge in [0.05, 0.1) is 12.7 Å². The number of rotatable bonds is 6. The molecule has 31 heavy (non-hydrogen) atoms. The number of methoxy groups -OCH3 is 1. The second kappa shape index (κ2) is 8.68. The van der Waals surface area contributed by atoms with Gasteiger partial charge in [-0.3, -0.25) is 14.5 Å². The van der Waals surface area contributed by atoms with Crippen LogP contribution in [-0.4, -0.2) is 61.4 Å². The lowest BCUT2D eigenvalue weighted by molar-refractivity contribution is -0.136. The number of imide groups is 1. The highest BCUT2D eigenvalue weighted by Gasteiger charge is 2.42. The smallest absolute Gasteiger partial charge is 0.278 e. The first-order valence-corrected chi connectivity index (χ1v) is 10.5. The lowest BCUT2D eigenvalue weighted by Crippen LogP contribution is -2.47. The van der Waals surface area contributed by atoms with Crippen molar-refractivity contribution in [3.63, 3.8) is 0 Å². The van der Waals surface area contributed by atoms with Gasteiger partial charge in [0, 0.05) is 44.0 Å². The molecule has 2 amide bonds. The van der Waals surface area contributed by atoms with E-state index in [0.29, 0.717) is 35.7 Å². The van der Waals surface area contributed by atoms with E-state index in [1.165, 1.54) is 16.2 Å². The summed E-state index contributed by atoms with van der Waals surface area (Å²) >= 11 is 0. The van der Waals surface area contributed by atoms with Crippen LogP contribution in [0.25, 0.3) is 5.57 Å². The highest BCUT2D eigenvalue weighted by atomic mass is 16.5. The second-order valence-electron chi connectivity index (χ2n) is 7.75. The maximum atomic E-state index is 13.3. The Hall–Kier alpha value is -3.54. The van der Waals surface area contributed by atoms with Gasteiger partial charge < -0.3 is 14.5 Å². The minimum Gasteiger partial charge on any atom is -0.496 e. The zero-order valence-corrected chi connectivity index (χ0v) is 18.0. The molecule has 6 nitrogen and oxygen atoms in total. The molecule has 2 aliphatic rings. The van der Waals surface area contributed by atoms with E-state index in [-0.39, 0.29) is 18.4 Å². The van der Waals surface area contributed by atoms with E-state index in [1.807, 2.05) is 29.2 Å². The molecule has 2 heterocycles. The van der Waals surface area contributed by atoms with Crippen molar-refractivity contribution in [3.8, 4) is 5.75 Å². The molecular weight excluding hydrogens is 390 g/mol. The molecule has 1 fully saturated rings. The number of carbonyl (C=O) groups excluding carboxylic acids is 2. The van der Waals surface area contributed by atoms with Crippen molar-refractivity contribution >= 4 is 23.1 Å². The Balaban J connectivity index is 1.68. The summed E-state index contributed by atoms with van der Waals surface area (Å²) in [6.07, 6.45) is 1.58. The summed E-state index contributed by atoms with van der Waals surface area (Å²) in [7, 11) is 1.57. The van der Waals surface area contributed by atoms with Crippen molar-refractivity contribution in [3.05, 3.63) is 78.0 Å². The first kappa shape index (κ1) is 20.7. The van der Waals surface area contributed by atoms with Crippen LogP contribution in [0.4, 0.5) is 5.69 Å². The number of amides is 2. The minimum atomic E-state index is -0.300. The minimum absolute atomic E-state index is 0.184. The molecular formula is C25H27N3O3. The summed E-state index contributed by atoms with van der Waals surface area (Å²) in [5, 5.41) is 0. The number of benzene rings is 2. The Morgan fingerprint density at radius 1 is 0.968 bits per heavy atom. The van der Waals surface area contributed by atoms with Crippen LogP contribution in [-0.2, 0) is 9.59 Å². The molecule has 0 saturated carbocycles. The van der Waals surface area contributed by atoms with Crippen molar-refractivity contribution in [1.82, 2.24) is 9.80 Å². The molecule has 2 aliphatic heterocycles. The lowest BCUT2D eigenvalue weighted by atomic mass is 10.0. The summed E-state index contributed by atoms with van der Waals surface area (Å²) in [6.45, 7) is 8.83. The van der Waals surface area contributed by atoms with Crippen molar-refractivity contribution in [1.29, 1.82) is 0 Å². The molecule has 0 bridgehead atoms. The maximum Gasteiger partial charge on any atom is 0.278 e. The van der Waals surface area contributed by atoms with Gasteiger partial charge in [0.1, 0.15) is 11.4 Å². The molecule has 6 heteroatoms. The second-order valence-corrected chi connectivity index (χ2v) is 7.75. The Bertz CT molecular complexity index is 1050. The van der Waals surface area contributed by atoms with Crippen LogP contribution >= 0.6 is 0 Å². The first-order valence-electron chi connectivity index (χ1n) is 10.5. The average molecular weight is 418 g/mol. The predicted octanol–water partition coefficient (Wildman–Crippen LogP) is 3.09. The van der Waals surface area contributed by atoms with Crippen LogP contribution in [0.2, 0.25) is 0 Å². The van der Waals surface area contributed by atoms with Crippen LogP contribution in [0.15, 0.2) is 66.9 Å². The summed E-state index contributed by atoms with van der Waals surface area (Å²) in [4.78, 5) is 32.2. The van der Waals surface area contributed by atoms with E-state index >= 15 is 0 Å². The molecule has 0 spiro atoms. The molecule has 4 rings (SSSR count). The van der Waals surface area contributed by atoms with E-state index in [0.717, 1.165) is 13.1 Å². The molecule has 0 unspecified atom stereocenters. The summed E-state index contributed by atoms with van der Waals surface area (Å²) < 4.78 is 5.50. The third-order valence-electron chi connectivity index (χ3n) is 5.79. The van der Waals surface area contributed by atoms with Crippen molar-refractivity contribution < 1.29 is 14.3 Å². The third-order valence-corrected chi connectivity index (χ3v) is 5.79. The average Bonchev–Trinajstić information content (AvgIpc) is 3.04. The molecule has 0 N–H and O–H groups in total. The number of carbonyl (C=O) groups is 2. The number of nitrogens with zero attached hydrogens (tertiary/aromatic N) is 3. The SMILES string of the molecule is C=CCN1C(=O)C(c2ccccc2OC)=C(N2CCN(c3cccc(C)c3)CC2)C1=O. The normalized spacial score (nSPS) is 16.9. The number of aryl methyl sites for hydroxylation is 1. The topological polar surface area (TPSA) is 53.1 Å². The van der Waals surface area contributed by atoms with E-state index in [4.69, 9.17) is 4.74 Å². The van der Waals surface area contributed by atoms with Crippen LogP contribution in [0.3, 0.4) is 0 Å². The number of hydrogen-bond donors (Lipinski definition) is 0. The molecule has 0 radical (unpaired) electrons. The Kier molecular flexibility index (Phi) is 5.80. The van der Waals surface area contributed by atoms with Gasteiger partial charge in [-0.05, 0) is 30.7 Å². The summed E-state index contributed by atoms with van der Waals surface area (Å²) in [5.41, 5.74) is 3.91. The van der Waals surface area contributed by atoms with Crippen molar-refractivity contribution in [2.75, 3.05) is 44.7 Å². The first-order chi connectivity index (χ1) is 15.0. The molecule has 0 atom stereocenters. The van der Waals surface area contributed by atoms with Crippen molar-refractivity contribution in [2.24, 2.45) is 0 Å². The molecule has 160 valence electrons. The van der Waals surface area contributed by atoms with Gasteiger partial charge in [0.15, 0.2) is 0 Å². The van der Waals surface area contributed by atoms with E-state index in [2.05, 4.69) is 42.7 Å². The Morgan fingerprint density at radius 3 is 2.35 bits per heavy atom. The van der Waals surface area contributed by atoms with Gasteiger partial charge in [-0.15, -0.1) is 6.58 Å². The fourth-order valence-electron chi connectivity index (χ4n) is 4.26. The number of anilines is 1. The third kappa shape index (κ3) is 3.81. The van der Waals surface area contributed by atoms with Gasteiger partial charge >= 0.3 is 0 Å². The van der Waals surface area contributed by atoms with Crippen LogP contribution < -0.4 is 9.64 Å². The standard InChI is InChI=1S/C25H27N3O3/c1-4-12-28-24(29)22(20-10-5-6-11-21(20)31-3)23(25(28)30)27-15-13-26(14-16-27)19-9-7-8-18(2)17-19/h4-11,17H,1,12-16H2,2-3H3. The van der Waals surface area contributed by atoms with Gasteiger partial charge in [-0.25, -0.2) is 0 Å². The number of ether oxygens (including phenoxy) is 1. The van der Waals surface area contributed by atoms with Gasteiger partial charge in [0.2, 0.25) is 0 Å². The molecule has 2 aromatic carbocycles. The fourth-order valence-corrected chi connectivity index (χ4v) is 4.26. The Labute approximate surface area is 183 Å². The van der Waals surface area contributed by atoms with E-state index in [9.17, 15) is 9.59 Å². The fraction of sp³-hybridized carbons (Fsp3) is 0.280. The van der Waals surface area contributed by atoms with Gasteiger partial charge in [-0.2, -0.15) is 0 Å². The summed E-state index contributed by atoms with van der Waals surface area (Å²) in [6, 6.07) is 15.8. The Morgan fingerprint density at radius 2 is 1.68 bits per heavy atom. The zero-order chi connectivity index (χ0) is 22.0. The summed E-state index contributed by atoms with van der Waals surface area (Å²) in [5.74, 6) is 0.00956. The zero-order valence-electron chi connectivity index (χ0n) is 18.0. The predicted molar refractivity (Wildman–Crippen MR) is 122 cm³/mol. The van der Waals surface area contributed by atoms with Crippen molar-refractivity contribution in [2.45, 2.75) is 6.92 Å². The maximum absolute atomic E-state index is 13.3. The molecule has 1 saturated heterocycles. The number of para-hydroxylation sites is 1. The van der Waals surface area contributed by atoms with Crippen LogP contribution in [0.5, 0.6) is 5.75 Å². The highest BCUT2D eigenvalue weighted by molar-refractivity contribution is 6.36. The number of piperazine rings is 1. The van der Waals surface area contributed by atoms with Gasteiger partial charge in [-0.1, -0.05) is 36.4 Å². The number of hydrogen-bond acceptors (Lipinski definition) is 5. The van der Waals surface area contributed by atoms with E-state index < -0.39 is 0 Å². The largest absolute Gasteiger partial charge is 0.496 e. The monoisotopic (exact) mass is 417 g/mol. The van der Waals surface area contributed by atoms with Crippen LogP contribution in [0, 0.1) is 6.92 Å². The van der Waals surface area contributed by atoms with E-state index in [1.54, 1.807) is 13.2 Å². The molecule has 0 aliphatic carbocycles. The lowest BCUT2D eigenvalue weighted by Gasteiger charge is -2.37. The van der Waals surface area contributed by atoms with Gasteiger partial charge in [0.25, 0.3) is 11.8 Å². The molecule has 0 aromatic heterocycles. The highest BCUT2D eigenvalue weighted by Crippen LogP contribution is 2.36. The quantitative estimate of drug-likeness (QED) is 0.534. The molecule has 2 aromatic rings.